The molecule has 1 amide bonds. The first kappa shape index (κ1) is 35.8. The molecule has 0 spiro atoms. The second-order valence-corrected chi connectivity index (χ2v) is 11.0. The molecule has 0 saturated heterocycles. The highest BCUT2D eigenvalue weighted by Gasteiger charge is 2.31. The summed E-state index contributed by atoms with van der Waals surface area (Å²) in [5.74, 6) is 4.01. The fraction of sp³-hybridized carbons (Fsp3) is 0.957. The van der Waals surface area contributed by atoms with E-state index in [9.17, 15) is 30.3 Å². The number of nitrogens with two attached hydrogens (primary N) is 1. The molecule has 13 heteroatoms. The largest absolute Gasteiger partial charge is 0.393 e. The van der Waals surface area contributed by atoms with Gasteiger partial charge in [0.2, 0.25) is 5.91 Å². The van der Waals surface area contributed by atoms with Crippen molar-refractivity contribution in [2.75, 3.05) is 56.0 Å². The fourth-order valence-electron chi connectivity index (χ4n) is 2.88. The summed E-state index contributed by atoms with van der Waals surface area (Å²) in [4.78, 5) is 11.8. The lowest BCUT2D eigenvalue weighted by molar-refractivity contribution is -0.246. The average molecular weight is 561 g/mol. The highest BCUT2D eigenvalue weighted by atomic mass is 32.2. The number of carbonyl (C=O) groups excluding carboxylic acids is 1. The summed E-state index contributed by atoms with van der Waals surface area (Å²) < 4.78 is 16.9. The van der Waals surface area contributed by atoms with Crippen molar-refractivity contribution in [3.05, 3.63) is 0 Å². The third-order valence-electron chi connectivity index (χ3n) is 5.08. The smallest absolute Gasteiger partial charge is 0.220 e. The molecule has 0 fully saturated rings. The van der Waals surface area contributed by atoms with Gasteiger partial charge in [0, 0.05) is 24.5 Å². The Morgan fingerprint density at radius 1 is 1.00 bits per heavy atom. The Morgan fingerprint density at radius 2 is 1.64 bits per heavy atom. The van der Waals surface area contributed by atoms with Crippen LogP contribution < -0.4 is 11.1 Å². The maximum atomic E-state index is 11.8. The molecule has 0 aromatic rings. The number of amides is 1. The van der Waals surface area contributed by atoms with Crippen molar-refractivity contribution in [3.63, 3.8) is 0 Å². The Balaban J connectivity index is 4.76. The van der Waals surface area contributed by atoms with Gasteiger partial charge < -0.3 is 50.8 Å². The SMILES string of the molecule is CCC(=O)N[C@@H](COC(OC(COCCSCC(C)CSCCN)[C@@H](C)O)[C@@H](O)CO)[C@H](O)[C@@H](C)O. The first-order valence-electron chi connectivity index (χ1n) is 12.4. The molecule has 0 aliphatic rings. The molecule has 0 rings (SSSR count). The minimum absolute atomic E-state index is 0.0322. The lowest BCUT2D eigenvalue weighted by Crippen LogP contribution is -2.52. The van der Waals surface area contributed by atoms with E-state index in [0.717, 1.165) is 23.0 Å². The van der Waals surface area contributed by atoms with Gasteiger partial charge in [-0.25, -0.2) is 0 Å². The van der Waals surface area contributed by atoms with Crippen LogP contribution >= 0.6 is 23.5 Å². The molecule has 216 valence electrons. The topological polar surface area (TPSA) is 184 Å². The summed E-state index contributed by atoms with van der Waals surface area (Å²) in [7, 11) is 0. The number of thioether (sulfide) groups is 2. The van der Waals surface area contributed by atoms with Gasteiger partial charge in [0.15, 0.2) is 6.29 Å². The number of carbonyl (C=O) groups is 1. The predicted octanol–water partition coefficient (Wildman–Crippen LogP) is -0.837. The van der Waals surface area contributed by atoms with Crippen molar-refractivity contribution in [1.82, 2.24) is 5.32 Å². The van der Waals surface area contributed by atoms with E-state index in [-0.39, 0.29) is 25.5 Å². The lowest BCUT2D eigenvalue weighted by atomic mass is 10.1. The summed E-state index contributed by atoms with van der Waals surface area (Å²) in [6.45, 7) is 6.88. The van der Waals surface area contributed by atoms with Gasteiger partial charge in [-0.05, 0) is 31.3 Å². The van der Waals surface area contributed by atoms with E-state index in [1.165, 1.54) is 13.8 Å². The third kappa shape index (κ3) is 16.6. The lowest BCUT2D eigenvalue weighted by Gasteiger charge is -2.32. The second kappa shape index (κ2) is 21.7. The quantitative estimate of drug-likeness (QED) is 0.0608. The van der Waals surface area contributed by atoms with Gasteiger partial charge in [-0.3, -0.25) is 4.79 Å². The number of rotatable bonds is 23. The monoisotopic (exact) mass is 560 g/mol. The van der Waals surface area contributed by atoms with Crippen LogP contribution in [0, 0.1) is 5.92 Å². The van der Waals surface area contributed by atoms with Crippen molar-refractivity contribution < 1.29 is 44.5 Å². The van der Waals surface area contributed by atoms with Crippen molar-refractivity contribution in [1.29, 1.82) is 0 Å². The van der Waals surface area contributed by atoms with E-state index >= 15 is 0 Å². The summed E-state index contributed by atoms with van der Waals surface area (Å²) in [6.07, 6.45) is -6.97. The number of aliphatic hydroxyl groups is 5. The maximum Gasteiger partial charge on any atom is 0.220 e. The molecule has 8 N–H and O–H groups in total. The van der Waals surface area contributed by atoms with Gasteiger partial charge in [-0.2, -0.15) is 23.5 Å². The van der Waals surface area contributed by atoms with Crippen LogP contribution in [0.1, 0.15) is 34.1 Å². The molecule has 0 aliphatic heterocycles. The van der Waals surface area contributed by atoms with Gasteiger partial charge in [-0.1, -0.05) is 13.8 Å². The molecule has 36 heavy (non-hydrogen) atoms. The van der Waals surface area contributed by atoms with Gasteiger partial charge in [-0.15, -0.1) is 0 Å². The van der Waals surface area contributed by atoms with Crippen LogP contribution in [0.5, 0.6) is 0 Å². The molecule has 0 heterocycles. The molecular formula is C23H48N2O9S2. The van der Waals surface area contributed by atoms with Crippen LogP contribution in [-0.4, -0.2) is 130 Å². The van der Waals surface area contributed by atoms with E-state index in [1.807, 2.05) is 11.8 Å². The van der Waals surface area contributed by atoms with Crippen LogP contribution in [0.15, 0.2) is 0 Å². The molecule has 0 saturated carbocycles. The molecular weight excluding hydrogens is 512 g/mol. The summed E-state index contributed by atoms with van der Waals surface area (Å²) in [6, 6.07) is -0.983. The van der Waals surface area contributed by atoms with E-state index in [4.69, 9.17) is 19.9 Å². The molecule has 0 aromatic carbocycles. The van der Waals surface area contributed by atoms with Crippen molar-refractivity contribution in [2.45, 2.75) is 77.0 Å². The zero-order valence-corrected chi connectivity index (χ0v) is 23.6. The summed E-state index contributed by atoms with van der Waals surface area (Å²) in [5, 5.41) is 52.2. The van der Waals surface area contributed by atoms with Crippen molar-refractivity contribution in [3.8, 4) is 0 Å². The van der Waals surface area contributed by atoms with Crippen LogP contribution in [0.2, 0.25) is 0 Å². The van der Waals surface area contributed by atoms with Crippen LogP contribution in [0.4, 0.5) is 0 Å². The first-order chi connectivity index (χ1) is 17.1. The number of hydrogen-bond donors (Lipinski definition) is 7. The standard InChI is InChI=1S/C23H48N2O9S2/c1-5-21(30)25-18(22(31)17(4)28)11-33-23(19(29)10-26)34-20(16(3)27)12-32-7-9-36-14-15(2)13-35-8-6-24/h15-20,22-23,26-29,31H,5-14,24H2,1-4H3,(H,25,30)/t15?,16-,17-,18+,19+,20?,22-,23?/m1/s1. The summed E-state index contributed by atoms with van der Waals surface area (Å²) >= 11 is 3.62. The number of nitrogens with one attached hydrogen (secondary N) is 1. The van der Waals surface area contributed by atoms with Gasteiger partial charge in [0.25, 0.3) is 0 Å². The zero-order chi connectivity index (χ0) is 27.5. The van der Waals surface area contributed by atoms with Crippen LogP contribution in [0.3, 0.4) is 0 Å². The van der Waals surface area contributed by atoms with Gasteiger partial charge in [0.1, 0.15) is 18.3 Å². The minimum Gasteiger partial charge on any atom is -0.393 e. The van der Waals surface area contributed by atoms with E-state index in [1.54, 1.807) is 18.7 Å². The molecule has 0 aliphatic carbocycles. The number of hydrogen-bond acceptors (Lipinski definition) is 12. The number of aliphatic hydroxyl groups excluding tert-OH is 5. The van der Waals surface area contributed by atoms with Crippen molar-refractivity contribution >= 4 is 29.4 Å². The molecule has 0 bridgehead atoms. The molecule has 11 nitrogen and oxygen atoms in total. The van der Waals surface area contributed by atoms with Crippen LogP contribution in [-0.2, 0) is 19.0 Å². The maximum absolute atomic E-state index is 11.8. The predicted molar refractivity (Wildman–Crippen MR) is 143 cm³/mol. The molecule has 0 aromatic heterocycles. The van der Waals surface area contributed by atoms with E-state index < -0.39 is 49.5 Å². The third-order valence-corrected chi connectivity index (χ3v) is 7.67. The highest BCUT2D eigenvalue weighted by molar-refractivity contribution is 8.00. The molecule has 8 atom stereocenters. The van der Waals surface area contributed by atoms with Crippen molar-refractivity contribution in [2.24, 2.45) is 11.7 Å². The van der Waals surface area contributed by atoms with Crippen LogP contribution in [0.25, 0.3) is 0 Å². The van der Waals surface area contributed by atoms with Gasteiger partial charge in [0.05, 0.1) is 44.7 Å². The zero-order valence-electron chi connectivity index (χ0n) is 22.0. The van der Waals surface area contributed by atoms with E-state index in [0.29, 0.717) is 19.1 Å². The Morgan fingerprint density at radius 3 is 2.17 bits per heavy atom. The molecule has 0 radical (unpaired) electrons. The normalized spacial score (nSPS) is 18.6. The Kier molecular flexibility index (Phi) is 21.6. The van der Waals surface area contributed by atoms with E-state index in [2.05, 4.69) is 12.2 Å². The second-order valence-electron chi connectivity index (χ2n) is 8.74. The van der Waals surface area contributed by atoms with Gasteiger partial charge >= 0.3 is 0 Å². The highest BCUT2D eigenvalue weighted by Crippen LogP contribution is 2.15. The number of ether oxygens (including phenoxy) is 3. The minimum atomic E-state index is -1.45. The average Bonchev–Trinajstić information content (AvgIpc) is 2.85. The Hall–Kier alpha value is -0.190. The fourth-order valence-corrected chi connectivity index (χ4v) is 4.80. The Labute approximate surface area is 223 Å². The molecule has 3 unspecified atom stereocenters. The first-order valence-corrected chi connectivity index (χ1v) is 14.7. The Bertz CT molecular complexity index is 550. The summed E-state index contributed by atoms with van der Waals surface area (Å²) in [5.41, 5.74) is 5.51.